The first-order chi connectivity index (χ1) is 7.84. The summed E-state index contributed by atoms with van der Waals surface area (Å²) in [6.45, 7) is 9.95. The lowest BCUT2D eigenvalue weighted by molar-refractivity contribution is 0.163. The molecular formula is C13H25N3. The second-order valence-electron chi connectivity index (χ2n) is 4.24. The zero-order valence-corrected chi connectivity index (χ0v) is 10.9. The number of aliphatic imine (C=N–C) groups is 1. The van der Waals surface area contributed by atoms with Gasteiger partial charge in [-0.3, -0.25) is 9.89 Å². The lowest BCUT2D eigenvalue weighted by atomic mass is 10.1. The van der Waals surface area contributed by atoms with Gasteiger partial charge in [-0.15, -0.1) is 0 Å². The fourth-order valence-electron chi connectivity index (χ4n) is 1.96. The summed E-state index contributed by atoms with van der Waals surface area (Å²) in [4.78, 5) is 9.14. The molecule has 0 atom stereocenters. The highest BCUT2D eigenvalue weighted by molar-refractivity contribution is 5.60. The van der Waals surface area contributed by atoms with Crippen LogP contribution in [0.3, 0.4) is 0 Å². The molecule has 0 bridgehead atoms. The zero-order valence-electron chi connectivity index (χ0n) is 10.9. The first kappa shape index (κ1) is 13.4. The van der Waals surface area contributed by atoms with E-state index >= 15 is 0 Å². The number of piperazine rings is 1. The summed E-state index contributed by atoms with van der Waals surface area (Å²) in [6, 6.07) is 0. The smallest absolute Gasteiger partial charge is 0.0268 e. The van der Waals surface area contributed by atoms with Crippen LogP contribution in [0, 0.1) is 0 Å². The second-order valence-corrected chi connectivity index (χ2v) is 4.24. The summed E-state index contributed by atoms with van der Waals surface area (Å²) in [5.41, 5.74) is 1.50. The minimum absolute atomic E-state index is 1.12. The summed E-state index contributed by atoms with van der Waals surface area (Å²) in [5.74, 6) is 0. The van der Waals surface area contributed by atoms with E-state index in [0.29, 0.717) is 0 Å². The van der Waals surface area contributed by atoms with Gasteiger partial charge >= 0.3 is 0 Å². The summed E-state index contributed by atoms with van der Waals surface area (Å²) in [7, 11) is 2.20. The van der Waals surface area contributed by atoms with Gasteiger partial charge in [-0.1, -0.05) is 13.8 Å². The Hall–Kier alpha value is -0.670. The van der Waals surface area contributed by atoms with Crippen LogP contribution in [0.15, 0.2) is 16.8 Å². The van der Waals surface area contributed by atoms with Gasteiger partial charge in [0.2, 0.25) is 0 Å². The van der Waals surface area contributed by atoms with Gasteiger partial charge in [-0.25, -0.2) is 0 Å². The largest absolute Gasteiger partial charge is 0.304 e. The molecule has 0 N–H and O–H groups in total. The van der Waals surface area contributed by atoms with E-state index < -0.39 is 0 Å². The Labute approximate surface area is 99.8 Å². The number of hydrogen-bond acceptors (Lipinski definition) is 3. The van der Waals surface area contributed by atoms with Crippen molar-refractivity contribution in [2.75, 3.05) is 39.8 Å². The maximum atomic E-state index is 4.21. The standard InChI is InChI=1S/C11H19N3.C2H6/c1-13-5-7-14(8-6-13)10-11-3-2-4-12-9-11;1-2/h4,9H,2-3,5-8,10H2,1H3;1-2H3. The van der Waals surface area contributed by atoms with Crippen LogP contribution < -0.4 is 0 Å². The van der Waals surface area contributed by atoms with Gasteiger partial charge in [0.05, 0.1) is 0 Å². The minimum Gasteiger partial charge on any atom is -0.304 e. The lowest BCUT2D eigenvalue weighted by Gasteiger charge is -2.33. The molecule has 3 heteroatoms. The van der Waals surface area contributed by atoms with Crippen LogP contribution in [0.5, 0.6) is 0 Å². The predicted molar refractivity (Wildman–Crippen MR) is 71.1 cm³/mol. The Morgan fingerprint density at radius 2 is 1.88 bits per heavy atom. The zero-order chi connectivity index (χ0) is 11.8. The van der Waals surface area contributed by atoms with Crippen LogP contribution in [0.2, 0.25) is 0 Å². The van der Waals surface area contributed by atoms with Crippen molar-refractivity contribution >= 4 is 6.21 Å². The Bertz CT molecular complexity index is 238. The molecule has 0 radical (unpaired) electrons. The SMILES string of the molecule is CC.CN1CCN(CC2=CN=CCC2)CC1. The van der Waals surface area contributed by atoms with Crippen LogP contribution in [0.1, 0.15) is 26.7 Å². The first-order valence-corrected chi connectivity index (χ1v) is 6.45. The molecule has 1 fully saturated rings. The summed E-state index contributed by atoms with van der Waals surface area (Å²) >= 11 is 0. The summed E-state index contributed by atoms with van der Waals surface area (Å²) < 4.78 is 0. The van der Waals surface area contributed by atoms with Gasteiger partial charge < -0.3 is 4.90 Å². The van der Waals surface area contributed by atoms with E-state index in [1.165, 1.54) is 38.2 Å². The molecule has 16 heavy (non-hydrogen) atoms. The first-order valence-electron chi connectivity index (χ1n) is 6.45. The fourth-order valence-corrected chi connectivity index (χ4v) is 1.96. The molecule has 0 saturated carbocycles. The third-order valence-corrected chi connectivity index (χ3v) is 2.98. The van der Waals surface area contributed by atoms with Gasteiger partial charge in [-0.2, -0.15) is 0 Å². The van der Waals surface area contributed by atoms with Gasteiger partial charge in [0, 0.05) is 45.1 Å². The van der Waals surface area contributed by atoms with Gasteiger partial charge in [0.25, 0.3) is 0 Å². The average Bonchev–Trinajstić information content (AvgIpc) is 2.36. The van der Waals surface area contributed by atoms with Gasteiger partial charge in [0.15, 0.2) is 0 Å². The highest BCUT2D eigenvalue weighted by atomic mass is 15.2. The van der Waals surface area contributed by atoms with Gasteiger partial charge in [0.1, 0.15) is 0 Å². The Morgan fingerprint density at radius 1 is 1.19 bits per heavy atom. The van der Waals surface area contributed by atoms with Crippen LogP contribution in [0.4, 0.5) is 0 Å². The van der Waals surface area contributed by atoms with Crippen LogP contribution in [0.25, 0.3) is 0 Å². The minimum atomic E-state index is 1.12. The van der Waals surface area contributed by atoms with Crippen molar-refractivity contribution in [2.24, 2.45) is 4.99 Å². The monoisotopic (exact) mass is 223 g/mol. The Kier molecular flexibility index (Phi) is 6.34. The van der Waals surface area contributed by atoms with Crippen molar-refractivity contribution in [1.82, 2.24) is 9.80 Å². The van der Waals surface area contributed by atoms with Crippen molar-refractivity contribution in [1.29, 1.82) is 0 Å². The van der Waals surface area contributed by atoms with E-state index in [0.717, 1.165) is 13.0 Å². The number of hydrogen-bond donors (Lipinski definition) is 0. The fraction of sp³-hybridized carbons (Fsp3) is 0.769. The van der Waals surface area contributed by atoms with Gasteiger partial charge in [-0.05, 0) is 25.5 Å². The lowest BCUT2D eigenvalue weighted by Crippen LogP contribution is -2.45. The van der Waals surface area contributed by atoms with E-state index in [2.05, 4.69) is 21.8 Å². The molecule has 0 aliphatic carbocycles. The highest BCUT2D eigenvalue weighted by Crippen LogP contribution is 2.11. The third kappa shape index (κ3) is 4.45. The van der Waals surface area contributed by atoms with E-state index in [-0.39, 0.29) is 0 Å². The van der Waals surface area contributed by atoms with Crippen molar-refractivity contribution in [3.63, 3.8) is 0 Å². The summed E-state index contributed by atoms with van der Waals surface area (Å²) in [5, 5.41) is 0. The third-order valence-electron chi connectivity index (χ3n) is 2.98. The van der Waals surface area contributed by atoms with Crippen molar-refractivity contribution < 1.29 is 0 Å². The topological polar surface area (TPSA) is 18.8 Å². The molecule has 2 heterocycles. The van der Waals surface area contributed by atoms with Crippen molar-refractivity contribution in [3.8, 4) is 0 Å². The molecule has 0 spiro atoms. The van der Waals surface area contributed by atoms with E-state index in [4.69, 9.17) is 0 Å². The Morgan fingerprint density at radius 3 is 2.44 bits per heavy atom. The molecular weight excluding hydrogens is 198 g/mol. The quantitative estimate of drug-likeness (QED) is 0.713. The average molecular weight is 223 g/mol. The molecule has 3 nitrogen and oxygen atoms in total. The van der Waals surface area contributed by atoms with Crippen LogP contribution >= 0.6 is 0 Å². The van der Waals surface area contributed by atoms with E-state index in [9.17, 15) is 0 Å². The number of likely N-dealkylation sites (N-methyl/N-ethyl adjacent to an activating group) is 1. The normalized spacial score (nSPS) is 22.3. The molecule has 1 saturated heterocycles. The molecule has 0 unspecified atom stereocenters. The maximum absolute atomic E-state index is 4.21. The number of nitrogens with zero attached hydrogens (tertiary/aromatic N) is 3. The molecule has 0 amide bonds. The molecule has 2 aliphatic rings. The van der Waals surface area contributed by atoms with Crippen LogP contribution in [-0.4, -0.2) is 55.8 Å². The van der Waals surface area contributed by atoms with Crippen LogP contribution in [-0.2, 0) is 0 Å². The second kappa shape index (κ2) is 7.58. The summed E-state index contributed by atoms with van der Waals surface area (Å²) in [6.07, 6.45) is 6.38. The maximum Gasteiger partial charge on any atom is 0.0268 e. The molecule has 92 valence electrons. The molecule has 0 aromatic heterocycles. The Balaban J connectivity index is 0.000000606. The number of rotatable bonds is 2. The van der Waals surface area contributed by atoms with E-state index in [1.54, 1.807) is 0 Å². The molecule has 2 aliphatic heterocycles. The van der Waals surface area contributed by atoms with E-state index in [1.807, 2.05) is 26.3 Å². The molecule has 0 aromatic rings. The predicted octanol–water partition coefficient (Wildman–Crippen LogP) is 2.01. The molecule has 0 aromatic carbocycles. The van der Waals surface area contributed by atoms with Crippen molar-refractivity contribution in [2.45, 2.75) is 26.7 Å². The van der Waals surface area contributed by atoms with Crippen molar-refractivity contribution in [3.05, 3.63) is 11.8 Å². The molecule has 2 rings (SSSR count). The highest BCUT2D eigenvalue weighted by Gasteiger charge is 2.14.